The second kappa shape index (κ2) is 11.6. The summed E-state index contributed by atoms with van der Waals surface area (Å²) in [5, 5.41) is 4.52. The van der Waals surface area contributed by atoms with Crippen molar-refractivity contribution < 1.29 is 18.0 Å². The fourth-order valence-corrected chi connectivity index (χ4v) is 6.86. The number of halogens is 1. The first-order valence-corrected chi connectivity index (χ1v) is 14.8. The van der Waals surface area contributed by atoms with Gasteiger partial charge in [0.1, 0.15) is 6.04 Å². The van der Waals surface area contributed by atoms with Gasteiger partial charge in [0.25, 0.3) is 10.0 Å². The zero-order valence-electron chi connectivity index (χ0n) is 21.1. The highest BCUT2D eigenvalue weighted by Gasteiger charge is 2.35. The molecule has 1 N–H and O–H groups in total. The molecular weight excluding hydrogens is 554 g/mol. The largest absolute Gasteiger partial charge is 0.354 e. The van der Waals surface area contributed by atoms with Crippen LogP contribution in [0, 0.1) is 0 Å². The van der Waals surface area contributed by atoms with Crippen LogP contribution in [-0.2, 0) is 26.2 Å². The molecule has 4 rings (SSSR count). The van der Waals surface area contributed by atoms with Crippen molar-refractivity contribution in [1.82, 2.24) is 10.2 Å². The molecule has 0 saturated carbocycles. The van der Waals surface area contributed by atoms with Crippen LogP contribution in [0.2, 0.25) is 0 Å². The van der Waals surface area contributed by atoms with Gasteiger partial charge in [0.2, 0.25) is 11.8 Å². The molecule has 3 aromatic rings. The Kier molecular flexibility index (Phi) is 8.54. The highest BCUT2D eigenvalue weighted by molar-refractivity contribution is 9.10. The van der Waals surface area contributed by atoms with E-state index in [4.69, 9.17) is 0 Å². The molecule has 1 heterocycles. The number of sulfonamides is 1. The lowest BCUT2D eigenvalue weighted by Crippen LogP contribution is -2.47. The van der Waals surface area contributed by atoms with Gasteiger partial charge in [-0.25, -0.2) is 8.42 Å². The van der Waals surface area contributed by atoms with Crippen molar-refractivity contribution in [2.75, 3.05) is 17.4 Å². The van der Waals surface area contributed by atoms with E-state index < -0.39 is 16.1 Å². The highest BCUT2D eigenvalue weighted by Crippen LogP contribution is 2.42. The van der Waals surface area contributed by atoms with Crippen molar-refractivity contribution in [1.29, 1.82) is 0 Å². The minimum Gasteiger partial charge on any atom is -0.354 e. The number of carbonyl (C=O) groups excluding carboxylic acids is 2. The van der Waals surface area contributed by atoms with Crippen molar-refractivity contribution in [3.63, 3.8) is 0 Å². The first kappa shape index (κ1) is 27.1. The van der Waals surface area contributed by atoms with Crippen LogP contribution in [-0.4, -0.2) is 44.3 Å². The van der Waals surface area contributed by atoms with Crippen LogP contribution in [0.15, 0.2) is 70.0 Å². The Bertz CT molecular complexity index is 1400. The van der Waals surface area contributed by atoms with Gasteiger partial charge < -0.3 is 10.2 Å². The maximum Gasteiger partial charge on any atom is 0.265 e. The molecule has 3 aromatic carbocycles. The average Bonchev–Trinajstić information content (AvgIpc) is 3.10. The number of unbranched alkanes of at least 4 members (excludes halogenated alkanes) is 1. The van der Waals surface area contributed by atoms with Gasteiger partial charge in [0, 0.05) is 35.9 Å². The number of hydrogen-bond acceptors (Lipinski definition) is 4. The van der Waals surface area contributed by atoms with Crippen LogP contribution in [0.25, 0.3) is 10.8 Å². The van der Waals surface area contributed by atoms with Crippen LogP contribution in [0.1, 0.15) is 45.1 Å². The molecule has 0 fully saturated rings. The number of nitrogens with zero attached hydrogens (tertiary/aromatic N) is 2. The fraction of sp³-hybridized carbons (Fsp3) is 0.357. The van der Waals surface area contributed by atoms with Crippen molar-refractivity contribution in [2.45, 2.75) is 57.0 Å². The van der Waals surface area contributed by atoms with Crippen LogP contribution < -0.4 is 9.62 Å². The van der Waals surface area contributed by atoms with Gasteiger partial charge in [0.05, 0.1) is 10.6 Å². The van der Waals surface area contributed by atoms with Gasteiger partial charge in [-0.3, -0.25) is 13.9 Å². The summed E-state index contributed by atoms with van der Waals surface area (Å²) in [6.07, 6.45) is 2.30. The minimum atomic E-state index is -3.67. The molecule has 9 heteroatoms. The van der Waals surface area contributed by atoms with Crippen LogP contribution in [0.4, 0.5) is 5.69 Å². The van der Waals surface area contributed by atoms with E-state index in [9.17, 15) is 18.0 Å². The molecule has 1 aliphatic rings. The van der Waals surface area contributed by atoms with E-state index in [0.29, 0.717) is 23.5 Å². The van der Waals surface area contributed by atoms with E-state index in [0.717, 1.165) is 33.7 Å². The SMILES string of the molecule is CCCCNC(=O)[C@@H](C)N(Cc1cccc(Br)c1)C(=O)CCCN1c2cccc3cccc(c23)S1(=O)=O. The molecule has 0 saturated heterocycles. The van der Waals surface area contributed by atoms with Crippen molar-refractivity contribution in [2.24, 2.45) is 0 Å². The molecule has 7 nitrogen and oxygen atoms in total. The molecule has 2 amide bonds. The Labute approximate surface area is 227 Å². The lowest BCUT2D eigenvalue weighted by molar-refractivity contribution is -0.140. The standard InChI is InChI=1S/C28H32BrN3O4S/c1-3-4-16-30-28(34)20(2)31(19-21-9-5-12-23(29)18-21)26(33)15-8-17-32-24-13-6-10-22-11-7-14-25(27(22)24)37(32,35)36/h5-7,9-14,18,20H,3-4,8,15-17,19H2,1-2H3,(H,30,34)/t20-/m1/s1. The third-order valence-electron chi connectivity index (χ3n) is 6.67. The van der Waals surface area contributed by atoms with Gasteiger partial charge >= 0.3 is 0 Å². The van der Waals surface area contributed by atoms with E-state index in [2.05, 4.69) is 28.2 Å². The zero-order chi connectivity index (χ0) is 26.6. The molecule has 0 spiro atoms. The molecule has 1 aliphatic heterocycles. The second-order valence-corrected chi connectivity index (χ2v) is 12.0. The van der Waals surface area contributed by atoms with Crippen molar-refractivity contribution in [3.05, 3.63) is 70.7 Å². The maximum absolute atomic E-state index is 13.4. The third-order valence-corrected chi connectivity index (χ3v) is 9.02. The highest BCUT2D eigenvalue weighted by atomic mass is 79.9. The normalized spacial score (nSPS) is 14.5. The molecule has 37 heavy (non-hydrogen) atoms. The van der Waals surface area contributed by atoms with Crippen LogP contribution in [0.3, 0.4) is 0 Å². The number of carbonyl (C=O) groups is 2. The summed E-state index contributed by atoms with van der Waals surface area (Å²) in [5.74, 6) is -0.383. The number of benzene rings is 3. The number of rotatable bonds is 11. The lowest BCUT2D eigenvalue weighted by Gasteiger charge is -2.29. The molecule has 0 aromatic heterocycles. The summed E-state index contributed by atoms with van der Waals surface area (Å²) in [6, 6.07) is 17.8. The molecule has 0 unspecified atom stereocenters. The summed E-state index contributed by atoms with van der Waals surface area (Å²) < 4.78 is 28.8. The van der Waals surface area contributed by atoms with Gasteiger partial charge in [-0.15, -0.1) is 0 Å². The number of hydrogen-bond donors (Lipinski definition) is 1. The summed E-state index contributed by atoms with van der Waals surface area (Å²) in [5.41, 5.74) is 1.55. The molecule has 1 atom stereocenters. The number of amides is 2. The van der Waals surface area contributed by atoms with Gasteiger partial charge in [-0.05, 0) is 55.0 Å². The van der Waals surface area contributed by atoms with Crippen LogP contribution >= 0.6 is 15.9 Å². The van der Waals surface area contributed by atoms with Gasteiger partial charge in [0.15, 0.2) is 0 Å². The summed E-state index contributed by atoms with van der Waals surface area (Å²) in [7, 11) is -3.67. The average molecular weight is 587 g/mol. The Balaban J connectivity index is 1.48. The summed E-state index contributed by atoms with van der Waals surface area (Å²) in [6.45, 7) is 4.83. The van der Waals surface area contributed by atoms with Crippen LogP contribution in [0.5, 0.6) is 0 Å². The molecule has 0 aliphatic carbocycles. The minimum absolute atomic E-state index is 0.124. The van der Waals surface area contributed by atoms with E-state index in [-0.39, 0.29) is 31.3 Å². The summed E-state index contributed by atoms with van der Waals surface area (Å²) in [4.78, 5) is 28.1. The fourth-order valence-electron chi connectivity index (χ4n) is 4.67. The molecule has 0 radical (unpaired) electrons. The van der Waals surface area contributed by atoms with E-state index >= 15 is 0 Å². The maximum atomic E-state index is 13.4. The lowest BCUT2D eigenvalue weighted by atomic mass is 10.1. The predicted octanol–water partition coefficient (Wildman–Crippen LogP) is 5.22. The zero-order valence-corrected chi connectivity index (χ0v) is 23.5. The monoisotopic (exact) mass is 585 g/mol. The van der Waals surface area contributed by atoms with E-state index in [1.54, 1.807) is 30.0 Å². The molecular formula is C28H32BrN3O4S. The quantitative estimate of drug-likeness (QED) is 0.312. The Morgan fingerprint density at radius 1 is 1.05 bits per heavy atom. The van der Waals surface area contributed by atoms with Gasteiger partial charge in [-0.1, -0.05) is 65.7 Å². The predicted molar refractivity (Wildman–Crippen MR) is 150 cm³/mol. The third kappa shape index (κ3) is 5.83. The Morgan fingerprint density at radius 3 is 2.51 bits per heavy atom. The first-order valence-electron chi connectivity index (χ1n) is 12.6. The molecule has 0 bridgehead atoms. The van der Waals surface area contributed by atoms with Crippen molar-refractivity contribution >= 4 is 54.2 Å². The number of anilines is 1. The topological polar surface area (TPSA) is 86.8 Å². The van der Waals surface area contributed by atoms with E-state index in [1.807, 2.05) is 42.5 Å². The van der Waals surface area contributed by atoms with E-state index in [1.165, 1.54) is 4.31 Å². The molecule has 196 valence electrons. The summed E-state index contributed by atoms with van der Waals surface area (Å²) >= 11 is 3.47. The Hall–Kier alpha value is -2.91. The Morgan fingerprint density at radius 2 is 1.78 bits per heavy atom. The van der Waals surface area contributed by atoms with Gasteiger partial charge in [-0.2, -0.15) is 0 Å². The number of nitrogens with one attached hydrogen (secondary N) is 1. The first-order chi connectivity index (χ1) is 17.7. The second-order valence-electron chi connectivity index (χ2n) is 9.28. The van der Waals surface area contributed by atoms with Crippen molar-refractivity contribution in [3.8, 4) is 0 Å². The smallest absolute Gasteiger partial charge is 0.265 e.